The Hall–Kier alpha value is -1.02. The third-order valence-corrected chi connectivity index (χ3v) is 3.33. The molecule has 0 aliphatic carbocycles. The lowest BCUT2D eigenvalue weighted by Crippen LogP contribution is -2.24. The van der Waals surface area contributed by atoms with E-state index in [1.54, 1.807) is 0 Å². The summed E-state index contributed by atoms with van der Waals surface area (Å²) in [6.07, 6.45) is 5.82. The molecule has 0 spiro atoms. The fourth-order valence-electron chi connectivity index (χ4n) is 2.11. The van der Waals surface area contributed by atoms with Crippen LogP contribution in [0.2, 0.25) is 0 Å². The topological polar surface area (TPSA) is 21.3 Å². The van der Waals surface area contributed by atoms with Crippen LogP contribution >= 0.6 is 0 Å². The van der Waals surface area contributed by atoms with Crippen LogP contribution < -0.4 is 10.1 Å². The molecule has 0 aromatic heterocycles. The Bertz CT molecular complexity index is 303. The maximum atomic E-state index is 5.75. The summed E-state index contributed by atoms with van der Waals surface area (Å²) in [7, 11) is 2.03. The molecule has 1 unspecified atom stereocenters. The average molecular weight is 249 g/mol. The first-order valence-corrected chi connectivity index (χ1v) is 7.19. The predicted molar refractivity (Wildman–Crippen MR) is 78.3 cm³/mol. The number of aryl methyl sites for hydroxylation is 1. The highest BCUT2D eigenvalue weighted by Crippen LogP contribution is 2.14. The molecule has 18 heavy (non-hydrogen) atoms. The molecule has 1 aromatic carbocycles. The number of ether oxygens (including phenoxy) is 1. The number of rotatable bonds is 9. The zero-order valence-corrected chi connectivity index (χ0v) is 12.0. The standard InChI is InChI=1S/C16H27NO/c1-4-7-14-9-11-16(12-10-14)18-13-6-8-15(5-2)17-3/h9-12,15,17H,4-8,13H2,1-3H3. The van der Waals surface area contributed by atoms with Crippen molar-refractivity contribution in [2.75, 3.05) is 13.7 Å². The van der Waals surface area contributed by atoms with Gasteiger partial charge in [-0.25, -0.2) is 0 Å². The van der Waals surface area contributed by atoms with Crippen molar-refractivity contribution in [3.63, 3.8) is 0 Å². The van der Waals surface area contributed by atoms with Crippen LogP contribution in [-0.4, -0.2) is 19.7 Å². The lowest BCUT2D eigenvalue weighted by atomic mass is 10.1. The van der Waals surface area contributed by atoms with E-state index in [0.717, 1.165) is 25.2 Å². The van der Waals surface area contributed by atoms with Crippen LogP contribution in [0.15, 0.2) is 24.3 Å². The van der Waals surface area contributed by atoms with E-state index < -0.39 is 0 Å². The minimum atomic E-state index is 0.625. The molecule has 2 nitrogen and oxygen atoms in total. The van der Waals surface area contributed by atoms with Crippen molar-refractivity contribution in [3.05, 3.63) is 29.8 Å². The molecular formula is C16H27NO. The molecule has 2 heteroatoms. The summed E-state index contributed by atoms with van der Waals surface area (Å²) in [5.41, 5.74) is 1.39. The molecule has 1 aromatic rings. The molecule has 0 aliphatic heterocycles. The average Bonchev–Trinajstić information content (AvgIpc) is 2.41. The predicted octanol–water partition coefficient (Wildman–Crippen LogP) is 3.80. The molecule has 0 saturated heterocycles. The molecular weight excluding hydrogens is 222 g/mol. The van der Waals surface area contributed by atoms with Crippen molar-refractivity contribution in [2.24, 2.45) is 0 Å². The van der Waals surface area contributed by atoms with Crippen LogP contribution in [-0.2, 0) is 6.42 Å². The van der Waals surface area contributed by atoms with Gasteiger partial charge in [0.2, 0.25) is 0 Å². The van der Waals surface area contributed by atoms with E-state index in [2.05, 4.69) is 43.4 Å². The molecule has 0 amide bonds. The quantitative estimate of drug-likeness (QED) is 0.672. The summed E-state index contributed by atoms with van der Waals surface area (Å²) >= 11 is 0. The largest absolute Gasteiger partial charge is 0.494 e. The molecule has 0 radical (unpaired) electrons. The van der Waals surface area contributed by atoms with Gasteiger partial charge in [-0.3, -0.25) is 0 Å². The Morgan fingerprint density at radius 1 is 1.17 bits per heavy atom. The van der Waals surface area contributed by atoms with E-state index >= 15 is 0 Å². The maximum absolute atomic E-state index is 5.75. The Morgan fingerprint density at radius 2 is 1.89 bits per heavy atom. The minimum Gasteiger partial charge on any atom is -0.494 e. The number of benzene rings is 1. The van der Waals surface area contributed by atoms with Crippen LogP contribution in [0.4, 0.5) is 0 Å². The minimum absolute atomic E-state index is 0.625. The fourth-order valence-corrected chi connectivity index (χ4v) is 2.11. The molecule has 0 aliphatic rings. The SMILES string of the molecule is CCCc1ccc(OCCCC(CC)NC)cc1. The molecule has 1 rings (SSSR count). The van der Waals surface area contributed by atoms with Crippen molar-refractivity contribution < 1.29 is 4.74 Å². The second kappa shape index (κ2) is 8.98. The van der Waals surface area contributed by atoms with Crippen LogP contribution in [0, 0.1) is 0 Å². The molecule has 1 atom stereocenters. The van der Waals surface area contributed by atoms with Gasteiger partial charge in [-0.2, -0.15) is 0 Å². The number of nitrogens with one attached hydrogen (secondary N) is 1. The van der Waals surface area contributed by atoms with E-state index in [1.165, 1.54) is 24.8 Å². The Labute approximate surface area is 112 Å². The first-order chi connectivity index (χ1) is 8.80. The highest BCUT2D eigenvalue weighted by atomic mass is 16.5. The Balaban J connectivity index is 2.22. The van der Waals surface area contributed by atoms with Crippen molar-refractivity contribution >= 4 is 0 Å². The van der Waals surface area contributed by atoms with E-state index in [-0.39, 0.29) is 0 Å². The van der Waals surface area contributed by atoms with Gasteiger partial charge >= 0.3 is 0 Å². The van der Waals surface area contributed by atoms with Gasteiger partial charge in [0.1, 0.15) is 5.75 Å². The zero-order valence-electron chi connectivity index (χ0n) is 12.0. The summed E-state index contributed by atoms with van der Waals surface area (Å²) in [6, 6.07) is 9.13. The van der Waals surface area contributed by atoms with Gasteiger partial charge in [0.15, 0.2) is 0 Å². The monoisotopic (exact) mass is 249 g/mol. The van der Waals surface area contributed by atoms with Crippen LogP contribution in [0.3, 0.4) is 0 Å². The van der Waals surface area contributed by atoms with E-state index in [4.69, 9.17) is 4.74 Å². The van der Waals surface area contributed by atoms with Crippen LogP contribution in [0.1, 0.15) is 45.1 Å². The van der Waals surface area contributed by atoms with Gasteiger partial charge in [0.05, 0.1) is 6.61 Å². The van der Waals surface area contributed by atoms with Crippen LogP contribution in [0.5, 0.6) is 5.75 Å². The van der Waals surface area contributed by atoms with Gasteiger partial charge in [-0.15, -0.1) is 0 Å². The molecule has 102 valence electrons. The number of hydrogen-bond donors (Lipinski definition) is 1. The highest BCUT2D eigenvalue weighted by Gasteiger charge is 2.02. The van der Waals surface area contributed by atoms with Crippen molar-refractivity contribution in [1.29, 1.82) is 0 Å². The summed E-state index contributed by atoms with van der Waals surface area (Å²) in [5, 5.41) is 3.32. The normalized spacial score (nSPS) is 12.4. The first kappa shape index (κ1) is 15.0. The van der Waals surface area contributed by atoms with Gasteiger partial charge < -0.3 is 10.1 Å². The summed E-state index contributed by atoms with van der Waals surface area (Å²) in [5.74, 6) is 0.993. The van der Waals surface area contributed by atoms with Gasteiger partial charge in [0, 0.05) is 6.04 Å². The Kier molecular flexibility index (Phi) is 7.51. The van der Waals surface area contributed by atoms with E-state index in [0.29, 0.717) is 6.04 Å². The third kappa shape index (κ3) is 5.54. The lowest BCUT2D eigenvalue weighted by Gasteiger charge is -2.13. The summed E-state index contributed by atoms with van der Waals surface area (Å²) in [4.78, 5) is 0. The molecule has 0 fully saturated rings. The first-order valence-electron chi connectivity index (χ1n) is 7.19. The number of hydrogen-bond acceptors (Lipinski definition) is 2. The van der Waals surface area contributed by atoms with Gasteiger partial charge in [-0.05, 0) is 50.4 Å². The van der Waals surface area contributed by atoms with Crippen molar-refractivity contribution in [1.82, 2.24) is 5.32 Å². The summed E-state index contributed by atoms with van der Waals surface area (Å²) in [6.45, 7) is 5.23. The smallest absolute Gasteiger partial charge is 0.119 e. The molecule has 1 N–H and O–H groups in total. The van der Waals surface area contributed by atoms with Crippen LogP contribution in [0.25, 0.3) is 0 Å². The van der Waals surface area contributed by atoms with Crippen molar-refractivity contribution in [3.8, 4) is 5.75 Å². The molecule has 0 bridgehead atoms. The van der Waals surface area contributed by atoms with E-state index in [9.17, 15) is 0 Å². The zero-order chi connectivity index (χ0) is 13.2. The lowest BCUT2D eigenvalue weighted by molar-refractivity contribution is 0.296. The summed E-state index contributed by atoms with van der Waals surface area (Å²) < 4.78 is 5.75. The fraction of sp³-hybridized carbons (Fsp3) is 0.625. The molecule has 0 heterocycles. The highest BCUT2D eigenvalue weighted by molar-refractivity contribution is 5.27. The third-order valence-electron chi connectivity index (χ3n) is 3.33. The molecule has 0 saturated carbocycles. The second-order valence-electron chi connectivity index (χ2n) is 4.78. The van der Waals surface area contributed by atoms with Gasteiger partial charge in [0.25, 0.3) is 0 Å². The second-order valence-corrected chi connectivity index (χ2v) is 4.78. The van der Waals surface area contributed by atoms with Crippen molar-refractivity contribution in [2.45, 2.75) is 52.0 Å². The Morgan fingerprint density at radius 3 is 2.44 bits per heavy atom. The maximum Gasteiger partial charge on any atom is 0.119 e. The van der Waals surface area contributed by atoms with Gasteiger partial charge in [-0.1, -0.05) is 32.4 Å². The van der Waals surface area contributed by atoms with E-state index in [1.807, 2.05) is 7.05 Å².